The molecule has 1 N–H and O–H groups in total. The maximum Gasteiger partial charge on any atom is 0.223 e. The summed E-state index contributed by atoms with van der Waals surface area (Å²) in [6.45, 7) is 10.8. The number of piperidine rings is 1. The van der Waals surface area contributed by atoms with Crippen LogP contribution in [0.5, 0.6) is 0 Å². The molecule has 0 radical (unpaired) electrons. The Bertz CT molecular complexity index is 947. The highest BCUT2D eigenvalue weighted by Gasteiger charge is 2.26. The molecule has 5 heterocycles. The second-order valence-corrected chi connectivity index (χ2v) is 11.2. The Kier molecular flexibility index (Phi) is 7.94. The van der Waals surface area contributed by atoms with E-state index in [1.54, 1.807) is 0 Å². The first-order chi connectivity index (χ1) is 16.7. The van der Waals surface area contributed by atoms with Crippen molar-refractivity contribution in [3.63, 3.8) is 0 Å². The number of thiophene rings is 1. The van der Waals surface area contributed by atoms with Gasteiger partial charge < -0.3 is 14.6 Å². The largest absolute Gasteiger partial charge is 0.381 e. The third-order valence-corrected chi connectivity index (χ3v) is 8.47. The van der Waals surface area contributed by atoms with Gasteiger partial charge in [-0.15, -0.1) is 21.5 Å². The van der Waals surface area contributed by atoms with Crippen molar-refractivity contribution in [1.82, 2.24) is 29.9 Å². The van der Waals surface area contributed by atoms with Crippen molar-refractivity contribution >= 4 is 17.2 Å². The highest BCUT2D eigenvalue weighted by atomic mass is 32.1. The van der Waals surface area contributed by atoms with Gasteiger partial charge in [0, 0.05) is 68.0 Å². The average Bonchev–Trinajstić information content (AvgIpc) is 3.43. The molecule has 0 aliphatic carbocycles. The molecule has 3 aliphatic heterocycles. The Morgan fingerprint density at radius 2 is 1.74 bits per heavy atom. The minimum Gasteiger partial charge on any atom is -0.381 e. The molecule has 1 unspecified atom stereocenters. The maximum absolute atomic E-state index is 12.7. The van der Waals surface area contributed by atoms with Gasteiger partial charge in [-0.1, -0.05) is 6.42 Å². The van der Waals surface area contributed by atoms with Gasteiger partial charge in [0.15, 0.2) is 5.82 Å². The quantitative estimate of drug-likeness (QED) is 0.649. The number of rotatable bonds is 7. The van der Waals surface area contributed by atoms with Crippen LogP contribution in [-0.2, 0) is 35.6 Å². The molecule has 1 atom stereocenters. The molecule has 1 amide bonds. The van der Waals surface area contributed by atoms with E-state index in [1.807, 2.05) is 18.3 Å². The van der Waals surface area contributed by atoms with Crippen molar-refractivity contribution in [3.8, 4) is 0 Å². The van der Waals surface area contributed by atoms with Crippen LogP contribution in [0.4, 0.5) is 0 Å². The molecule has 9 heteroatoms. The number of carbonyl (C=O) groups is 1. The van der Waals surface area contributed by atoms with Crippen LogP contribution in [0.1, 0.15) is 66.5 Å². The number of hydrogen-bond acceptors (Lipinski definition) is 7. The lowest BCUT2D eigenvalue weighted by atomic mass is 9.99. The summed E-state index contributed by atoms with van der Waals surface area (Å²) in [7, 11) is 0. The first-order valence-corrected chi connectivity index (χ1v) is 13.8. The SMILES string of the molecule is CC(NC(=O)C1CCOCC1)c1nnc2n1CCN(Cc1ccc(CN3CCCCC3)s1)CC2. The summed E-state index contributed by atoms with van der Waals surface area (Å²) in [5, 5.41) is 12.1. The Labute approximate surface area is 206 Å². The zero-order valence-electron chi connectivity index (χ0n) is 20.4. The van der Waals surface area contributed by atoms with Crippen molar-refractivity contribution in [2.75, 3.05) is 39.4 Å². The van der Waals surface area contributed by atoms with Crippen molar-refractivity contribution in [3.05, 3.63) is 33.5 Å². The zero-order chi connectivity index (χ0) is 23.3. The molecule has 2 fully saturated rings. The summed E-state index contributed by atoms with van der Waals surface area (Å²) in [6, 6.07) is 4.49. The highest BCUT2D eigenvalue weighted by Crippen LogP contribution is 2.23. The predicted molar refractivity (Wildman–Crippen MR) is 133 cm³/mol. The number of fused-ring (bicyclic) bond motifs is 1. The molecule has 34 heavy (non-hydrogen) atoms. The number of aromatic nitrogens is 3. The molecule has 5 rings (SSSR count). The normalized spacial score (nSPS) is 21.7. The fourth-order valence-electron chi connectivity index (χ4n) is 5.37. The van der Waals surface area contributed by atoms with Crippen molar-refractivity contribution in [1.29, 1.82) is 0 Å². The number of ether oxygens (including phenoxy) is 1. The van der Waals surface area contributed by atoms with Gasteiger partial charge in [0.25, 0.3) is 0 Å². The molecule has 0 spiro atoms. The van der Waals surface area contributed by atoms with Crippen LogP contribution in [0.25, 0.3) is 0 Å². The van der Waals surface area contributed by atoms with E-state index >= 15 is 0 Å². The second-order valence-electron chi connectivity index (χ2n) is 9.97. The number of likely N-dealkylation sites (tertiary alicyclic amines) is 1. The van der Waals surface area contributed by atoms with Crippen molar-refractivity contribution < 1.29 is 9.53 Å². The molecule has 186 valence electrons. The molecule has 0 aromatic carbocycles. The lowest BCUT2D eigenvalue weighted by Gasteiger charge is -2.25. The van der Waals surface area contributed by atoms with E-state index in [-0.39, 0.29) is 17.9 Å². The standard InChI is InChI=1S/C25H38N6O2S/c1-19(26-25(32)20-8-15-33-16-9-20)24-28-27-23-7-12-30(13-14-31(23)24)18-22-6-5-21(34-22)17-29-10-3-2-4-11-29/h5-6,19-20H,2-4,7-18H2,1H3,(H,26,32). The van der Waals surface area contributed by atoms with Crippen LogP contribution >= 0.6 is 11.3 Å². The predicted octanol–water partition coefficient (Wildman–Crippen LogP) is 2.99. The van der Waals surface area contributed by atoms with E-state index in [9.17, 15) is 4.79 Å². The Morgan fingerprint density at radius 3 is 2.47 bits per heavy atom. The van der Waals surface area contributed by atoms with Crippen LogP contribution in [0.15, 0.2) is 12.1 Å². The second kappa shape index (κ2) is 11.3. The minimum atomic E-state index is -0.141. The van der Waals surface area contributed by atoms with Gasteiger partial charge in [-0.3, -0.25) is 14.6 Å². The molecule has 2 aromatic rings. The number of hydrogen-bond donors (Lipinski definition) is 1. The highest BCUT2D eigenvalue weighted by molar-refractivity contribution is 7.11. The van der Waals surface area contributed by atoms with Gasteiger partial charge in [0.05, 0.1) is 6.04 Å². The van der Waals surface area contributed by atoms with Crippen molar-refractivity contribution in [2.45, 2.75) is 71.1 Å². The molecule has 8 nitrogen and oxygen atoms in total. The fraction of sp³-hybridized carbons (Fsp3) is 0.720. The summed E-state index contributed by atoms with van der Waals surface area (Å²) in [5.41, 5.74) is 0. The van der Waals surface area contributed by atoms with Gasteiger partial charge in [0.1, 0.15) is 5.82 Å². The van der Waals surface area contributed by atoms with Gasteiger partial charge >= 0.3 is 0 Å². The zero-order valence-corrected chi connectivity index (χ0v) is 21.2. The maximum atomic E-state index is 12.7. The third kappa shape index (κ3) is 5.87. The van der Waals surface area contributed by atoms with E-state index in [4.69, 9.17) is 4.74 Å². The van der Waals surface area contributed by atoms with E-state index in [2.05, 4.69) is 42.0 Å². The van der Waals surface area contributed by atoms with Crippen LogP contribution < -0.4 is 5.32 Å². The number of nitrogens with one attached hydrogen (secondary N) is 1. The Hall–Kier alpha value is -1.81. The summed E-state index contributed by atoms with van der Waals surface area (Å²) < 4.78 is 7.62. The van der Waals surface area contributed by atoms with Gasteiger partial charge in [-0.25, -0.2) is 0 Å². The van der Waals surface area contributed by atoms with E-state index in [0.29, 0.717) is 13.2 Å². The smallest absolute Gasteiger partial charge is 0.223 e. The fourth-order valence-corrected chi connectivity index (χ4v) is 6.48. The molecule has 2 saturated heterocycles. The number of carbonyl (C=O) groups excluding carboxylic acids is 1. The average molecular weight is 487 g/mol. The van der Waals surface area contributed by atoms with E-state index in [1.165, 1.54) is 42.1 Å². The molecular weight excluding hydrogens is 448 g/mol. The van der Waals surface area contributed by atoms with Gasteiger partial charge in [-0.2, -0.15) is 0 Å². The molecular formula is C25H38N6O2S. The number of nitrogens with zero attached hydrogens (tertiary/aromatic N) is 5. The molecule has 3 aliphatic rings. The first kappa shape index (κ1) is 23.9. The van der Waals surface area contributed by atoms with Crippen LogP contribution in [0.2, 0.25) is 0 Å². The molecule has 2 aromatic heterocycles. The minimum absolute atomic E-state index is 0.0452. The van der Waals surface area contributed by atoms with Crippen molar-refractivity contribution in [2.24, 2.45) is 5.92 Å². The van der Waals surface area contributed by atoms with Crippen LogP contribution in [-0.4, -0.2) is 69.9 Å². The van der Waals surface area contributed by atoms with E-state index < -0.39 is 0 Å². The summed E-state index contributed by atoms with van der Waals surface area (Å²) in [4.78, 5) is 20.7. The first-order valence-electron chi connectivity index (χ1n) is 13.0. The van der Waals surface area contributed by atoms with Crippen LogP contribution in [0.3, 0.4) is 0 Å². The lowest BCUT2D eigenvalue weighted by molar-refractivity contribution is -0.128. The summed E-state index contributed by atoms with van der Waals surface area (Å²) >= 11 is 1.97. The lowest BCUT2D eigenvalue weighted by Crippen LogP contribution is -2.36. The summed E-state index contributed by atoms with van der Waals surface area (Å²) in [6.07, 6.45) is 6.56. The van der Waals surface area contributed by atoms with Crippen LogP contribution in [0, 0.1) is 5.92 Å². The Morgan fingerprint density at radius 1 is 1.03 bits per heavy atom. The van der Waals surface area contributed by atoms with E-state index in [0.717, 1.165) is 63.6 Å². The number of amides is 1. The monoisotopic (exact) mass is 486 g/mol. The topological polar surface area (TPSA) is 75.5 Å². The van der Waals surface area contributed by atoms with Gasteiger partial charge in [-0.05, 0) is 57.8 Å². The molecule has 0 bridgehead atoms. The third-order valence-electron chi connectivity index (χ3n) is 7.41. The van der Waals surface area contributed by atoms with Gasteiger partial charge in [0.2, 0.25) is 5.91 Å². The summed E-state index contributed by atoms with van der Waals surface area (Å²) in [5.74, 6) is 2.06. The Balaban J connectivity index is 1.14. The molecule has 0 saturated carbocycles.